The second-order valence-corrected chi connectivity index (χ2v) is 9.13. The molecule has 0 aliphatic carbocycles. The number of thiazole rings is 1. The summed E-state index contributed by atoms with van der Waals surface area (Å²) in [6.45, 7) is 9.32. The number of carbonyl (C=O) groups is 1. The molecule has 2 aromatic carbocycles. The van der Waals surface area contributed by atoms with Gasteiger partial charge in [0.15, 0.2) is 6.54 Å². The molecular formula is C24H30N3OS+. The molecule has 4 nitrogen and oxygen atoms in total. The molecule has 152 valence electrons. The van der Waals surface area contributed by atoms with Gasteiger partial charge in [-0.2, -0.15) is 0 Å². The highest BCUT2D eigenvalue weighted by Gasteiger charge is 2.18. The van der Waals surface area contributed by atoms with E-state index < -0.39 is 0 Å². The van der Waals surface area contributed by atoms with Crippen molar-refractivity contribution >= 4 is 17.2 Å². The Bertz CT molecular complexity index is 896. The molecular weight excluding hydrogens is 378 g/mol. The molecule has 1 heterocycles. The number of hydrogen-bond acceptors (Lipinski definition) is 3. The summed E-state index contributed by atoms with van der Waals surface area (Å²) < 4.78 is 0. The van der Waals surface area contributed by atoms with Crippen LogP contribution in [-0.4, -0.2) is 30.5 Å². The van der Waals surface area contributed by atoms with Crippen LogP contribution in [0.5, 0.6) is 0 Å². The van der Waals surface area contributed by atoms with Crippen LogP contribution in [0.4, 0.5) is 0 Å². The number of carbonyl (C=O) groups excluding carboxylic acids is 1. The highest BCUT2D eigenvalue weighted by atomic mass is 32.1. The lowest BCUT2D eigenvalue weighted by Crippen LogP contribution is -3.09. The molecule has 0 saturated heterocycles. The molecule has 0 radical (unpaired) electrons. The lowest BCUT2D eigenvalue weighted by molar-refractivity contribution is -0.885. The average Bonchev–Trinajstić information content (AvgIpc) is 3.05. The Morgan fingerprint density at radius 2 is 1.55 bits per heavy atom. The minimum Gasteiger partial charge on any atom is -0.349 e. The van der Waals surface area contributed by atoms with Crippen LogP contribution in [0.15, 0.2) is 48.5 Å². The summed E-state index contributed by atoms with van der Waals surface area (Å²) in [5.74, 6) is 0.0755. The standard InChI is InChI=1S/C24H29N3OS/c1-16(2)25-21(28)14-27(5)15-22-26-23(19-10-6-17(3)7-11-19)24(29-22)20-12-8-18(4)9-13-20/h6-13,16H,14-15H2,1-5H3,(H,25,28)/p+1. The van der Waals surface area contributed by atoms with Crippen LogP contribution >= 0.6 is 11.3 Å². The van der Waals surface area contributed by atoms with Gasteiger partial charge in [0.2, 0.25) is 0 Å². The number of quaternary nitrogens is 1. The molecule has 5 heteroatoms. The smallest absolute Gasteiger partial charge is 0.275 e. The first-order valence-corrected chi connectivity index (χ1v) is 10.9. The number of rotatable bonds is 7. The van der Waals surface area contributed by atoms with Crippen LogP contribution in [0, 0.1) is 13.8 Å². The average molecular weight is 409 g/mol. The molecule has 1 aromatic heterocycles. The fraction of sp³-hybridized carbons (Fsp3) is 0.333. The fourth-order valence-corrected chi connectivity index (χ4v) is 4.42. The van der Waals surface area contributed by atoms with E-state index in [1.807, 2.05) is 20.9 Å². The van der Waals surface area contributed by atoms with Gasteiger partial charge < -0.3 is 10.2 Å². The minimum atomic E-state index is 0.0755. The van der Waals surface area contributed by atoms with Gasteiger partial charge in [-0.05, 0) is 33.3 Å². The maximum atomic E-state index is 12.1. The molecule has 1 unspecified atom stereocenters. The monoisotopic (exact) mass is 408 g/mol. The lowest BCUT2D eigenvalue weighted by atomic mass is 10.0. The second-order valence-electron chi connectivity index (χ2n) is 8.05. The number of likely N-dealkylation sites (N-methyl/N-ethyl adjacent to an activating group) is 1. The largest absolute Gasteiger partial charge is 0.349 e. The Morgan fingerprint density at radius 1 is 1.00 bits per heavy atom. The maximum Gasteiger partial charge on any atom is 0.275 e. The Balaban J connectivity index is 1.89. The Morgan fingerprint density at radius 3 is 2.10 bits per heavy atom. The zero-order chi connectivity index (χ0) is 21.0. The summed E-state index contributed by atoms with van der Waals surface area (Å²) >= 11 is 1.72. The molecule has 0 aliphatic heterocycles. The summed E-state index contributed by atoms with van der Waals surface area (Å²) in [6, 6.07) is 17.3. The van der Waals surface area contributed by atoms with Crippen molar-refractivity contribution in [3.05, 3.63) is 64.7 Å². The van der Waals surface area contributed by atoms with E-state index in [0.29, 0.717) is 6.54 Å². The van der Waals surface area contributed by atoms with Crippen molar-refractivity contribution in [3.8, 4) is 21.7 Å². The summed E-state index contributed by atoms with van der Waals surface area (Å²) in [5, 5.41) is 4.01. The van der Waals surface area contributed by atoms with Crippen molar-refractivity contribution in [2.24, 2.45) is 0 Å². The van der Waals surface area contributed by atoms with Crippen molar-refractivity contribution in [1.29, 1.82) is 0 Å². The first-order chi connectivity index (χ1) is 13.8. The van der Waals surface area contributed by atoms with Crippen molar-refractivity contribution in [1.82, 2.24) is 10.3 Å². The molecule has 0 fully saturated rings. The Labute approximate surface area is 177 Å². The summed E-state index contributed by atoms with van der Waals surface area (Å²) in [7, 11) is 2.04. The minimum absolute atomic E-state index is 0.0755. The van der Waals surface area contributed by atoms with E-state index in [4.69, 9.17) is 4.98 Å². The topological polar surface area (TPSA) is 46.4 Å². The van der Waals surface area contributed by atoms with Gasteiger partial charge in [0.05, 0.1) is 17.6 Å². The van der Waals surface area contributed by atoms with E-state index in [0.717, 1.165) is 27.7 Å². The van der Waals surface area contributed by atoms with Gasteiger partial charge in [0.25, 0.3) is 5.91 Å². The van der Waals surface area contributed by atoms with E-state index >= 15 is 0 Å². The third-order valence-corrected chi connectivity index (χ3v) is 5.78. The van der Waals surface area contributed by atoms with Crippen LogP contribution in [0.3, 0.4) is 0 Å². The molecule has 29 heavy (non-hydrogen) atoms. The molecule has 0 saturated carbocycles. The molecule has 3 aromatic rings. The zero-order valence-corrected chi connectivity index (χ0v) is 18.7. The van der Waals surface area contributed by atoms with E-state index in [9.17, 15) is 4.79 Å². The van der Waals surface area contributed by atoms with Crippen LogP contribution in [0.25, 0.3) is 21.7 Å². The Kier molecular flexibility index (Phi) is 6.83. The van der Waals surface area contributed by atoms with Gasteiger partial charge in [-0.15, -0.1) is 11.3 Å². The van der Waals surface area contributed by atoms with Gasteiger partial charge >= 0.3 is 0 Å². The fourth-order valence-electron chi connectivity index (χ4n) is 3.22. The summed E-state index contributed by atoms with van der Waals surface area (Å²) in [4.78, 5) is 19.4. The van der Waals surface area contributed by atoms with E-state index in [1.54, 1.807) is 11.3 Å². The quantitative estimate of drug-likeness (QED) is 0.627. The van der Waals surface area contributed by atoms with Crippen molar-refractivity contribution in [2.75, 3.05) is 13.6 Å². The predicted molar refractivity (Wildman–Crippen MR) is 121 cm³/mol. The third kappa shape index (κ3) is 5.75. The third-order valence-electron chi connectivity index (χ3n) is 4.68. The first-order valence-electron chi connectivity index (χ1n) is 10.1. The number of benzene rings is 2. The van der Waals surface area contributed by atoms with Crippen molar-refractivity contribution < 1.29 is 9.69 Å². The second kappa shape index (κ2) is 9.33. The first kappa shape index (κ1) is 21.2. The van der Waals surface area contributed by atoms with Crippen LogP contribution < -0.4 is 10.2 Å². The summed E-state index contributed by atoms with van der Waals surface area (Å²) in [6.07, 6.45) is 0. The summed E-state index contributed by atoms with van der Waals surface area (Å²) in [5.41, 5.74) is 5.82. The van der Waals surface area contributed by atoms with E-state index in [1.165, 1.54) is 21.6 Å². The van der Waals surface area contributed by atoms with E-state index in [-0.39, 0.29) is 11.9 Å². The number of nitrogens with one attached hydrogen (secondary N) is 2. The van der Waals surface area contributed by atoms with Gasteiger partial charge in [-0.3, -0.25) is 4.79 Å². The molecule has 2 N–H and O–H groups in total. The van der Waals surface area contributed by atoms with Crippen LogP contribution in [-0.2, 0) is 11.3 Å². The lowest BCUT2D eigenvalue weighted by Gasteiger charge is -2.13. The molecule has 0 bridgehead atoms. The number of aryl methyl sites for hydroxylation is 2. The van der Waals surface area contributed by atoms with Crippen LogP contribution in [0.2, 0.25) is 0 Å². The van der Waals surface area contributed by atoms with Crippen LogP contribution in [0.1, 0.15) is 30.0 Å². The molecule has 0 spiro atoms. The zero-order valence-electron chi connectivity index (χ0n) is 17.9. The van der Waals surface area contributed by atoms with E-state index in [2.05, 4.69) is 67.7 Å². The normalized spacial score (nSPS) is 12.2. The predicted octanol–water partition coefficient (Wildman–Crippen LogP) is 3.63. The number of nitrogens with zero attached hydrogens (tertiary/aromatic N) is 1. The highest BCUT2D eigenvalue weighted by molar-refractivity contribution is 7.15. The van der Waals surface area contributed by atoms with Gasteiger partial charge in [0, 0.05) is 11.6 Å². The van der Waals surface area contributed by atoms with Gasteiger partial charge in [-0.25, -0.2) is 4.98 Å². The van der Waals surface area contributed by atoms with Crippen molar-refractivity contribution in [2.45, 2.75) is 40.3 Å². The molecule has 1 atom stereocenters. The van der Waals surface area contributed by atoms with Crippen molar-refractivity contribution in [3.63, 3.8) is 0 Å². The molecule has 3 rings (SSSR count). The molecule has 0 aliphatic rings. The molecule has 1 amide bonds. The van der Waals surface area contributed by atoms with Gasteiger partial charge in [-0.1, -0.05) is 59.7 Å². The number of aromatic nitrogens is 1. The number of amides is 1. The SMILES string of the molecule is Cc1ccc(-c2nc(C[NH+](C)CC(=O)NC(C)C)sc2-c2ccc(C)cc2)cc1. The maximum absolute atomic E-state index is 12.1. The number of hydrogen-bond donors (Lipinski definition) is 2. The Hall–Kier alpha value is -2.50. The highest BCUT2D eigenvalue weighted by Crippen LogP contribution is 2.36. The van der Waals surface area contributed by atoms with Gasteiger partial charge in [0.1, 0.15) is 11.6 Å².